The van der Waals surface area contributed by atoms with Gasteiger partial charge in [0.25, 0.3) is 0 Å². The summed E-state index contributed by atoms with van der Waals surface area (Å²) in [6.07, 6.45) is 0.906. The van der Waals surface area contributed by atoms with Gasteiger partial charge in [-0.2, -0.15) is 0 Å². The quantitative estimate of drug-likeness (QED) is 0.404. The summed E-state index contributed by atoms with van der Waals surface area (Å²) in [4.78, 5) is 8.11. The molecule has 0 bridgehead atoms. The Hall–Kier alpha value is -1.05. The van der Waals surface area contributed by atoms with E-state index in [4.69, 9.17) is 20.9 Å². The van der Waals surface area contributed by atoms with Gasteiger partial charge in [-0.25, -0.2) is 9.97 Å². The van der Waals surface area contributed by atoms with E-state index in [1.807, 2.05) is 0 Å². The zero-order valence-corrected chi connectivity index (χ0v) is 10.7. The first-order valence-corrected chi connectivity index (χ1v) is 6.30. The molecule has 0 atom stereocenters. The molecule has 1 aromatic heterocycles. The van der Waals surface area contributed by atoms with Gasteiger partial charge in [0.05, 0.1) is 6.61 Å². The minimum absolute atomic E-state index is 0.390. The molecule has 0 unspecified atom stereocenters. The lowest BCUT2D eigenvalue weighted by molar-refractivity contribution is 0.113. The highest BCUT2D eigenvalue weighted by molar-refractivity contribution is 7.99. The van der Waals surface area contributed by atoms with Gasteiger partial charge >= 0.3 is 0 Å². The first kappa shape index (κ1) is 14.0. The van der Waals surface area contributed by atoms with Gasteiger partial charge in [-0.15, -0.1) is 0 Å². The first-order chi connectivity index (χ1) is 8.22. The van der Waals surface area contributed by atoms with Gasteiger partial charge in [-0.3, -0.25) is 0 Å². The van der Waals surface area contributed by atoms with Crippen molar-refractivity contribution in [2.45, 2.75) is 11.6 Å². The van der Waals surface area contributed by atoms with Crippen LogP contribution in [0.5, 0.6) is 0 Å². The summed E-state index contributed by atoms with van der Waals surface area (Å²) >= 11 is 1.47. The maximum Gasteiger partial charge on any atom is 0.191 e. The Morgan fingerprint density at radius 1 is 1.18 bits per heavy atom. The molecular formula is C10H18N4O2S. The van der Waals surface area contributed by atoms with Crippen molar-refractivity contribution in [3.8, 4) is 0 Å². The lowest BCUT2D eigenvalue weighted by Gasteiger charge is -2.04. The minimum Gasteiger partial charge on any atom is -0.385 e. The molecule has 0 saturated carbocycles. The highest BCUT2D eigenvalue weighted by Gasteiger charge is 2.01. The van der Waals surface area contributed by atoms with E-state index in [0.717, 1.165) is 18.8 Å². The van der Waals surface area contributed by atoms with Gasteiger partial charge in [-0.1, -0.05) is 11.8 Å². The monoisotopic (exact) mass is 258 g/mol. The smallest absolute Gasteiger partial charge is 0.191 e. The van der Waals surface area contributed by atoms with Crippen molar-refractivity contribution in [1.82, 2.24) is 9.97 Å². The summed E-state index contributed by atoms with van der Waals surface area (Å²) in [5, 5.41) is 0.586. The summed E-state index contributed by atoms with van der Waals surface area (Å²) < 4.78 is 10.3. The van der Waals surface area contributed by atoms with Crippen LogP contribution in [0.1, 0.15) is 6.42 Å². The molecule has 0 aliphatic rings. The van der Waals surface area contributed by atoms with Crippen molar-refractivity contribution < 1.29 is 9.47 Å². The van der Waals surface area contributed by atoms with Gasteiger partial charge in [0.15, 0.2) is 5.16 Å². The second kappa shape index (κ2) is 8.10. The average Bonchev–Trinajstić information content (AvgIpc) is 2.26. The Kier molecular flexibility index (Phi) is 6.68. The molecule has 1 rings (SSSR count). The van der Waals surface area contributed by atoms with Crippen LogP contribution in [0.2, 0.25) is 0 Å². The maximum atomic E-state index is 5.56. The fourth-order valence-corrected chi connectivity index (χ4v) is 1.85. The van der Waals surface area contributed by atoms with E-state index in [1.54, 1.807) is 7.11 Å². The molecule has 7 heteroatoms. The predicted octanol–water partition coefficient (Wildman–Crippen LogP) is 0.786. The highest BCUT2D eigenvalue weighted by Crippen LogP contribution is 2.15. The van der Waals surface area contributed by atoms with Crippen LogP contribution in [0.15, 0.2) is 11.2 Å². The molecule has 0 radical (unpaired) electrons. The Morgan fingerprint density at radius 3 is 2.53 bits per heavy atom. The van der Waals surface area contributed by atoms with Gasteiger partial charge in [0.2, 0.25) is 0 Å². The van der Waals surface area contributed by atoms with Gasteiger partial charge in [0.1, 0.15) is 11.6 Å². The first-order valence-electron chi connectivity index (χ1n) is 5.32. The minimum atomic E-state index is 0.390. The Morgan fingerprint density at radius 2 is 1.88 bits per heavy atom. The van der Waals surface area contributed by atoms with Crippen LogP contribution >= 0.6 is 11.8 Å². The largest absolute Gasteiger partial charge is 0.385 e. The van der Waals surface area contributed by atoms with Crippen LogP contribution in [0.4, 0.5) is 11.6 Å². The summed E-state index contributed by atoms with van der Waals surface area (Å²) in [5.74, 6) is 1.55. The molecule has 0 aliphatic carbocycles. The molecule has 96 valence electrons. The van der Waals surface area contributed by atoms with Crippen LogP contribution in [0, 0.1) is 0 Å². The van der Waals surface area contributed by atoms with Crippen LogP contribution in [-0.2, 0) is 9.47 Å². The second-order valence-electron chi connectivity index (χ2n) is 3.31. The number of thioether (sulfide) groups is 1. The Balaban J connectivity index is 2.13. The van der Waals surface area contributed by atoms with Crippen LogP contribution in [-0.4, -0.2) is 42.7 Å². The zero-order chi connectivity index (χ0) is 12.5. The molecule has 0 spiro atoms. The molecule has 0 saturated heterocycles. The summed E-state index contributed by atoms with van der Waals surface area (Å²) in [7, 11) is 1.68. The fraction of sp³-hybridized carbons (Fsp3) is 0.600. The third-order valence-corrected chi connectivity index (χ3v) is 2.65. The number of nitrogens with two attached hydrogens (primary N) is 2. The van der Waals surface area contributed by atoms with Gasteiger partial charge in [-0.05, 0) is 6.42 Å². The zero-order valence-electron chi connectivity index (χ0n) is 9.89. The maximum absolute atomic E-state index is 5.56. The number of nitrogen functional groups attached to an aromatic ring is 2. The third-order valence-electron chi connectivity index (χ3n) is 1.84. The van der Waals surface area contributed by atoms with E-state index in [0.29, 0.717) is 30.0 Å². The Bertz CT molecular complexity index is 318. The van der Waals surface area contributed by atoms with E-state index in [1.165, 1.54) is 17.8 Å². The number of ether oxygens (including phenoxy) is 2. The molecule has 4 N–H and O–H groups in total. The number of anilines is 2. The van der Waals surface area contributed by atoms with Crippen molar-refractivity contribution in [3.63, 3.8) is 0 Å². The summed E-state index contributed by atoms with van der Waals surface area (Å²) in [6.45, 7) is 2.07. The summed E-state index contributed by atoms with van der Waals surface area (Å²) in [5.41, 5.74) is 11.1. The van der Waals surface area contributed by atoms with Crippen molar-refractivity contribution in [2.24, 2.45) is 0 Å². The molecule has 0 aliphatic heterocycles. The van der Waals surface area contributed by atoms with E-state index in [-0.39, 0.29) is 0 Å². The van der Waals surface area contributed by atoms with Crippen LogP contribution < -0.4 is 11.5 Å². The SMILES string of the molecule is COCCCOCCSc1nc(N)cc(N)n1. The molecule has 17 heavy (non-hydrogen) atoms. The van der Waals surface area contributed by atoms with E-state index in [9.17, 15) is 0 Å². The number of aromatic nitrogens is 2. The molecule has 0 fully saturated rings. The number of methoxy groups -OCH3 is 1. The number of rotatable bonds is 8. The number of hydrogen-bond donors (Lipinski definition) is 2. The lowest BCUT2D eigenvalue weighted by atomic mass is 10.5. The number of nitrogens with zero attached hydrogens (tertiary/aromatic N) is 2. The Labute approximate surface area is 105 Å². The molecule has 6 nitrogen and oxygen atoms in total. The van der Waals surface area contributed by atoms with Gasteiger partial charge < -0.3 is 20.9 Å². The van der Waals surface area contributed by atoms with E-state index >= 15 is 0 Å². The standard InChI is InChI=1S/C10H18N4O2S/c1-15-3-2-4-16-5-6-17-10-13-8(11)7-9(12)14-10/h7H,2-6H2,1H3,(H4,11,12,13,14). The fourth-order valence-electron chi connectivity index (χ4n) is 1.13. The lowest BCUT2D eigenvalue weighted by Crippen LogP contribution is -2.03. The normalized spacial score (nSPS) is 10.6. The van der Waals surface area contributed by atoms with Gasteiger partial charge in [0, 0.05) is 32.1 Å². The number of hydrogen-bond acceptors (Lipinski definition) is 7. The van der Waals surface area contributed by atoms with Crippen molar-refractivity contribution >= 4 is 23.4 Å². The molecule has 0 aromatic carbocycles. The topological polar surface area (TPSA) is 96.3 Å². The van der Waals surface area contributed by atoms with Crippen molar-refractivity contribution in [3.05, 3.63) is 6.07 Å². The van der Waals surface area contributed by atoms with E-state index in [2.05, 4.69) is 9.97 Å². The molecule has 0 amide bonds. The molecule has 1 heterocycles. The predicted molar refractivity (Wildman–Crippen MR) is 68.9 cm³/mol. The van der Waals surface area contributed by atoms with Crippen molar-refractivity contribution in [2.75, 3.05) is 44.2 Å². The van der Waals surface area contributed by atoms with E-state index < -0.39 is 0 Å². The second-order valence-corrected chi connectivity index (χ2v) is 4.37. The van der Waals surface area contributed by atoms with Crippen molar-refractivity contribution in [1.29, 1.82) is 0 Å². The third kappa shape index (κ3) is 6.30. The summed E-state index contributed by atoms with van der Waals surface area (Å²) in [6, 6.07) is 1.53. The highest BCUT2D eigenvalue weighted by atomic mass is 32.2. The average molecular weight is 258 g/mol. The van der Waals surface area contributed by atoms with Crippen LogP contribution in [0.3, 0.4) is 0 Å². The molecule has 1 aromatic rings. The van der Waals surface area contributed by atoms with Crippen LogP contribution in [0.25, 0.3) is 0 Å². The molecular weight excluding hydrogens is 240 g/mol.